The van der Waals surface area contributed by atoms with Crippen LogP contribution in [0.5, 0.6) is 5.75 Å². The maximum atomic E-state index is 9.48. The summed E-state index contributed by atoms with van der Waals surface area (Å²) in [6.07, 6.45) is 1.89. The molecule has 0 bridgehead atoms. The predicted molar refractivity (Wildman–Crippen MR) is 131 cm³/mol. The highest BCUT2D eigenvalue weighted by atomic mass is 32.2. The second-order valence-electron chi connectivity index (χ2n) is 7.57. The third-order valence-corrected chi connectivity index (χ3v) is 5.90. The normalized spacial score (nSPS) is 14.4. The molecule has 0 aliphatic heterocycles. The molecule has 0 fully saturated rings. The summed E-state index contributed by atoms with van der Waals surface area (Å²) in [4.78, 5) is 4.61. The van der Waals surface area contributed by atoms with E-state index in [1.54, 1.807) is 12.1 Å². The summed E-state index contributed by atoms with van der Waals surface area (Å²) in [6.45, 7) is 7.99. The summed E-state index contributed by atoms with van der Waals surface area (Å²) in [6, 6.07) is 13.8. The first-order valence-corrected chi connectivity index (χ1v) is 12.2. The molecule has 7 nitrogen and oxygen atoms in total. The Morgan fingerprint density at radius 1 is 1.30 bits per heavy atom. The van der Waals surface area contributed by atoms with Crippen LogP contribution < -0.4 is 9.46 Å². The van der Waals surface area contributed by atoms with Crippen molar-refractivity contribution in [1.82, 2.24) is 14.9 Å². The molecule has 0 spiro atoms. The van der Waals surface area contributed by atoms with Crippen molar-refractivity contribution in [3.63, 3.8) is 0 Å². The van der Waals surface area contributed by atoms with Gasteiger partial charge >= 0.3 is 0 Å². The minimum absolute atomic E-state index is 0.0199. The van der Waals surface area contributed by atoms with Gasteiger partial charge in [-0.1, -0.05) is 49.2 Å². The van der Waals surface area contributed by atoms with Gasteiger partial charge in [0.2, 0.25) is 5.82 Å². The lowest BCUT2D eigenvalue weighted by Gasteiger charge is -2.13. The van der Waals surface area contributed by atoms with Crippen LogP contribution in [0.4, 0.5) is 0 Å². The molecule has 0 amide bonds. The van der Waals surface area contributed by atoms with Gasteiger partial charge in [-0.2, -0.15) is 10.2 Å². The summed E-state index contributed by atoms with van der Waals surface area (Å²) in [7, 11) is 0. The van der Waals surface area contributed by atoms with Crippen LogP contribution in [0.3, 0.4) is 0 Å². The maximum absolute atomic E-state index is 9.48. The minimum atomic E-state index is -0.0199. The number of aromatic nitrogens is 2. The van der Waals surface area contributed by atoms with Gasteiger partial charge in [-0.25, -0.2) is 0 Å². The number of hydrogen-bond donors (Lipinski definition) is 2. The molecule has 0 saturated heterocycles. The Morgan fingerprint density at radius 2 is 2.12 bits per heavy atom. The first kappa shape index (κ1) is 24.8. The van der Waals surface area contributed by atoms with E-state index in [1.165, 1.54) is 23.1 Å². The molecular weight excluding hydrogens is 436 g/mol. The van der Waals surface area contributed by atoms with Gasteiger partial charge in [0, 0.05) is 22.9 Å². The summed E-state index contributed by atoms with van der Waals surface area (Å²) in [5, 5.41) is 22.7. The molecule has 2 aromatic carbocycles. The number of nitriles is 1. The summed E-state index contributed by atoms with van der Waals surface area (Å²) < 4.78 is 14.6. The zero-order valence-corrected chi connectivity index (χ0v) is 20.3. The number of nitrogens with one attached hydrogen (secondary N) is 1. The molecular formula is C25H30N4O3S. The number of fused-ring (bicyclic) bond motifs is 1. The second kappa shape index (κ2) is 11.8. The lowest BCUT2D eigenvalue weighted by atomic mass is 10.0. The summed E-state index contributed by atoms with van der Waals surface area (Å²) >= 11 is 1.54. The van der Waals surface area contributed by atoms with E-state index in [9.17, 15) is 5.26 Å². The Morgan fingerprint density at radius 3 is 2.85 bits per heavy atom. The largest absolute Gasteiger partial charge is 0.490 e. The Kier molecular flexibility index (Phi) is 8.89. The highest BCUT2D eigenvalue weighted by Gasteiger charge is 2.26. The average Bonchev–Trinajstić information content (AvgIpc) is 3.48. The maximum Gasteiger partial charge on any atom is 0.258 e. The number of benzene rings is 2. The Balaban J connectivity index is 0.00000149. The van der Waals surface area contributed by atoms with Crippen LogP contribution in [-0.4, -0.2) is 33.7 Å². The first-order chi connectivity index (χ1) is 16.1. The van der Waals surface area contributed by atoms with Crippen molar-refractivity contribution in [2.24, 2.45) is 0 Å². The zero-order valence-electron chi connectivity index (χ0n) is 19.5. The van der Waals surface area contributed by atoms with Crippen molar-refractivity contribution in [2.45, 2.75) is 52.7 Å². The summed E-state index contributed by atoms with van der Waals surface area (Å²) in [5.74, 6) is 2.10. The summed E-state index contributed by atoms with van der Waals surface area (Å²) in [5.41, 5.74) is 4.52. The zero-order chi connectivity index (χ0) is 23.8. The molecule has 1 aliphatic rings. The van der Waals surface area contributed by atoms with E-state index in [4.69, 9.17) is 14.4 Å². The van der Waals surface area contributed by atoms with E-state index >= 15 is 0 Å². The van der Waals surface area contributed by atoms with Gasteiger partial charge in [0.1, 0.15) is 11.8 Å². The van der Waals surface area contributed by atoms with E-state index < -0.39 is 0 Å². The third kappa shape index (κ3) is 5.74. The van der Waals surface area contributed by atoms with Crippen molar-refractivity contribution in [1.29, 1.82) is 5.26 Å². The van der Waals surface area contributed by atoms with Crippen LogP contribution in [0.1, 0.15) is 56.8 Å². The molecule has 1 unspecified atom stereocenters. The smallest absolute Gasteiger partial charge is 0.258 e. The molecule has 1 aromatic heterocycles. The van der Waals surface area contributed by atoms with Gasteiger partial charge in [-0.3, -0.25) is 4.72 Å². The molecule has 3 aromatic rings. The van der Waals surface area contributed by atoms with Crippen LogP contribution in [0.15, 0.2) is 40.9 Å². The molecule has 4 rings (SSSR count). The second-order valence-corrected chi connectivity index (χ2v) is 8.50. The Bertz CT molecular complexity index is 1110. The van der Waals surface area contributed by atoms with Gasteiger partial charge in [0.25, 0.3) is 5.89 Å². The van der Waals surface area contributed by atoms with E-state index in [1.807, 2.05) is 45.9 Å². The van der Waals surface area contributed by atoms with E-state index in [2.05, 4.69) is 27.0 Å². The fourth-order valence-corrected chi connectivity index (χ4v) is 4.40. The predicted octanol–water partition coefficient (Wildman–Crippen LogP) is 5.31. The lowest BCUT2D eigenvalue weighted by molar-refractivity contribution is 0.241. The molecule has 2 N–H and O–H groups in total. The van der Waals surface area contributed by atoms with Crippen molar-refractivity contribution in [3.8, 4) is 34.7 Å². The van der Waals surface area contributed by atoms with Crippen molar-refractivity contribution >= 4 is 11.9 Å². The third-order valence-electron chi connectivity index (χ3n) is 5.07. The standard InChI is InChI=1S/C23H24N4O3S.C2H6/c1-14(2)29-21-9-6-15(12-16(21)13-24)23-25-22(26-30-23)19-5-3-4-18-17(19)7-8-20(18)27-31-11-10-28;1-2/h3-6,9,12,14,20,27-28H,7-8,10-11H2,1-2H3;1-2H3. The first-order valence-electron chi connectivity index (χ1n) is 11.3. The van der Waals surface area contributed by atoms with Gasteiger partial charge in [-0.15, -0.1) is 0 Å². The molecule has 0 radical (unpaired) electrons. The number of ether oxygens (including phenoxy) is 1. The van der Waals surface area contributed by atoms with Crippen molar-refractivity contribution < 1.29 is 14.4 Å². The molecule has 1 aliphatic carbocycles. The number of nitrogens with zero attached hydrogens (tertiary/aromatic N) is 3. The van der Waals surface area contributed by atoms with Crippen LogP contribution in [0, 0.1) is 11.3 Å². The van der Waals surface area contributed by atoms with E-state index in [-0.39, 0.29) is 18.8 Å². The van der Waals surface area contributed by atoms with Gasteiger partial charge < -0.3 is 14.4 Å². The molecule has 0 saturated carbocycles. The van der Waals surface area contributed by atoms with Gasteiger partial charge in [0.15, 0.2) is 0 Å². The average molecular weight is 467 g/mol. The Labute approximate surface area is 199 Å². The van der Waals surface area contributed by atoms with Crippen LogP contribution in [0.25, 0.3) is 22.8 Å². The topological polar surface area (TPSA) is 104 Å². The highest BCUT2D eigenvalue weighted by Crippen LogP contribution is 2.38. The fraction of sp³-hybridized carbons (Fsp3) is 0.400. The fourth-order valence-electron chi connectivity index (χ4n) is 3.75. The molecule has 8 heteroatoms. The van der Waals surface area contributed by atoms with Crippen LogP contribution in [-0.2, 0) is 6.42 Å². The van der Waals surface area contributed by atoms with E-state index in [0.29, 0.717) is 34.3 Å². The van der Waals surface area contributed by atoms with Crippen LogP contribution in [0.2, 0.25) is 0 Å². The quantitative estimate of drug-likeness (QED) is 0.340. The van der Waals surface area contributed by atoms with Gasteiger partial charge in [-0.05, 0) is 56.0 Å². The Hall–Kier alpha value is -2.86. The lowest BCUT2D eigenvalue weighted by Crippen LogP contribution is -2.12. The van der Waals surface area contributed by atoms with Gasteiger partial charge in [0.05, 0.1) is 18.3 Å². The number of rotatable bonds is 8. The number of hydrogen-bond acceptors (Lipinski definition) is 8. The molecule has 1 heterocycles. The van der Waals surface area contributed by atoms with Crippen LogP contribution >= 0.6 is 11.9 Å². The monoisotopic (exact) mass is 466 g/mol. The van der Waals surface area contributed by atoms with E-state index in [0.717, 1.165) is 18.4 Å². The van der Waals surface area contributed by atoms with Crippen molar-refractivity contribution in [3.05, 3.63) is 53.1 Å². The minimum Gasteiger partial charge on any atom is -0.490 e. The number of aliphatic hydroxyl groups excluding tert-OH is 1. The molecule has 33 heavy (non-hydrogen) atoms. The SMILES string of the molecule is CC.CC(C)Oc1ccc(-c2nc(-c3cccc4c3CCC4NSCCO)no2)cc1C#N. The molecule has 174 valence electrons. The number of aliphatic hydroxyl groups is 1. The molecule has 1 atom stereocenters. The highest BCUT2D eigenvalue weighted by molar-refractivity contribution is 7.97. The van der Waals surface area contributed by atoms with Crippen molar-refractivity contribution in [2.75, 3.05) is 12.4 Å².